The van der Waals surface area contributed by atoms with E-state index in [1.54, 1.807) is 24.3 Å². The largest absolute Gasteiger partial charge is 0.378 e. The molecule has 3 rings (SSSR count). The second-order valence-electron chi connectivity index (χ2n) is 5.94. The highest BCUT2D eigenvalue weighted by molar-refractivity contribution is 6.30. The predicted octanol–water partition coefficient (Wildman–Crippen LogP) is 4.72. The van der Waals surface area contributed by atoms with Gasteiger partial charge in [-0.3, -0.25) is 10.1 Å². The van der Waals surface area contributed by atoms with Crippen molar-refractivity contribution in [2.24, 2.45) is 0 Å². The van der Waals surface area contributed by atoms with Crippen molar-refractivity contribution < 1.29 is 4.92 Å². The van der Waals surface area contributed by atoms with Crippen molar-refractivity contribution in [1.82, 2.24) is 9.97 Å². The second-order valence-corrected chi connectivity index (χ2v) is 6.38. The number of hydrogen-bond donors (Lipinski definition) is 3. The van der Waals surface area contributed by atoms with E-state index < -0.39 is 4.92 Å². The third kappa shape index (κ3) is 4.24. The van der Waals surface area contributed by atoms with E-state index in [0.29, 0.717) is 16.4 Å². The van der Waals surface area contributed by atoms with E-state index in [4.69, 9.17) is 17.3 Å². The summed E-state index contributed by atoms with van der Waals surface area (Å²) < 4.78 is 0. The van der Waals surface area contributed by atoms with Gasteiger partial charge in [-0.25, -0.2) is 0 Å². The van der Waals surface area contributed by atoms with Crippen molar-refractivity contribution in [2.45, 2.75) is 13.8 Å². The van der Waals surface area contributed by atoms with Crippen molar-refractivity contribution in [3.63, 3.8) is 0 Å². The zero-order chi connectivity index (χ0) is 19.6. The monoisotopic (exact) mass is 384 g/mol. The van der Waals surface area contributed by atoms with Crippen molar-refractivity contribution in [3.05, 3.63) is 68.7 Å². The molecule has 1 aromatic heterocycles. The molecule has 0 spiro atoms. The highest BCUT2D eigenvalue weighted by Crippen LogP contribution is 2.32. The maximum absolute atomic E-state index is 11.4. The number of hydrogen-bond acceptors (Lipinski definition) is 7. The van der Waals surface area contributed by atoms with Gasteiger partial charge < -0.3 is 16.4 Å². The lowest BCUT2D eigenvalue weighted by molar-refractivity contribution is -0.383. The summed E-state index contributed by atoms with van der Waals surface area (Å²) in [7, 11) is 0. The Kier molecular flexibility index (Phi) is 5.09. The zero-order valence-electron chi connectivity index (χ0n) is 14.7. The van der Waals surface area contributed by atoms with Crippen LogP contribution in [-0.2, 0) is 0 Å². The number of nitrogens with one attached hydrogen (secondary N) is 2. The first-order valence-corrected chi connectivity index (χ1v) is 8.40. The van der Waals surface area contributed by atoms with E-state index in [1.807, 2.05) is 32.0 Å². The van der Waals surface area contributed by atoms with Crippen molar-refractivity contribution in [3.8, 4) is 0 Å². The summed E-state index contributed by atoms with van der Waals surface area (Å²) in [5, 5.41) is 17.9. The van der Waals surface area contributed by atoms with Crippen LogP contribution < -0.4 is 16.4 Å². The quantitative estimate of drug-likeness (QED) is 0.430. The number of anilines is 5. The molecule has 0 atom stereocenters. The van der Waals surface area contributed by atoms with E-state index >= 15 is 0 Å². The first-order valence-electron chi connectivity index (χ1n) is 8.02. The number of nitrogens with two attached hydrogens (primary N) is 1. The molecule has 0 aliphatic heterocycles. The fourth-order valence-electron chi connectivity index (χ4n) is 2.41. The molecule has 0 aliphatic rings. The molecule has 2 aromatic carbocycles. The topological polar surface area (TPSA) is 119 Å². The van der Waals surface area contributed by atoms with Gasteiger partial charge in [0.05, 0.1) is 4.92 Å². The minimum Gasteiger partial charge on any atom is -0.378 e. The molecule has 0 fully saturated rings. The van der Waals surface area contributed by atoms with Crippen molar-refractivity contribution >= 4 is 46.2 Å². The Morgan fingerprint density at radius 1 is 1.00 bits per heavy atom. The number of aryl methyl sites for hydroxylation is 2. The average Bonchev–Trinajstić information content (AvgIpc) is 2.59. The summed E-state index contributed by atoms with van der Waals surface area (Å²) in [5.74, 6) is -0.100. The van der Waals surface area contributed by atoms with Gasteiger partial charge in [-0.2, -0.15) is 9.97 Å². The number of rotatable bonds is 5. The van der Waals surface area contributed by atoms with Crippen LogP contribution in [0.1, 0.15) is 11.1 Å². The molecular weight excluding hydrogens is 368 g/mol. The van der Waals surface area contributed by atoms with Crippen LogP contribution in [0.3, 0.4) is 0 Å². The molecule has 4 N–H and O–H groups in total. The zero-order valence-corrected chi connectivity index (χ0v) is 15.4. The van der Waals surface area contributed by atoms with Gasteiger partial charge in [0.2, 0.25) is 17.6 Å². The van der Waals surface area contributed by atoms with Gasteiger partial charge in [-0.05, 0) is 61.4 Å². The summed E-state index contributed by atoms with van der Waals surface area (Å²) in [4.78, 5) is 19.0. The second kappa shape index (κ2) is 7.46. The molecule has 9 heteroatoms. The Balaban J connectivity index is 1.99. The van der Waals surface area contributed by atoms with Crippen LogP contribution in [0, 0.1) is 24.0 Å². The number of aromatic nitrogens is 2. The number of nitrogens with zero attached hydrogens (tertiary/aromatic N) is 3. The molecule has 27 heavy (non-hydrogen) atoms. The van der Waals surface area contributed by atoms with Crippen LogP contribution >= 0.6 is 11.6 Å². The van der Waals surface area contributed by atoms with Gasteiger partial charge in [0, 0.05) is 16.4 Å². The lowest BCUT2D eigenvalue weighted by Gasteiger charge is -2.12. The first-order chi connectivity index (χ1) is 12.8. The van der Waals surface area contributed by atoms with Gasteiger partial charge in [-0.15, -0.1) is 0 Å². The van der Waals surface area contributed by atoms with E-state index in [-0.39, 0.29) is 23.3 Å². The number of halogens is 1. The minimum absolute atomic E-state index is 0.00668. The summed E-state index contributed by atoms with van der Waals surface area (Å²) in [6.45, 7) is 3.94. The third-order valence-electron chi connectivity index (χ3n) is 3.96. The minimum atomic E-state index is -0.606. The summed E-state index contributed by atoms with van der Waals surface area (Å²) >= 11 is 5.87. The molecule has 0 amide bonds. The van der Waals surface area contributed by atoms with Gasteiger partial charge in [-0.1, -0.05) is 17.7 Å². The van der Waals surface area contributed by atoms with Crippen molar-refractivity contribution in [1.29, 1.82) is 0 Å². The molecule has 1 heterocycles. The number of nitrogen functional groups attached to an aromatic ring is 1. The SMILES string of the molecule is Cc1ccc(Nc2nc(Nc3ccc(Cl)cc3)nc(N)c2[N+](=O)[O-])cc1C. The molecule has 138 valence electrons. The highest BCUT2D eigenvalue weighted by Gasteiger charge is 2.23. The third-order valence-corrected chi connectivity index (χ3v) is 4.22. The van der Waals surface area contributed by atoms with Crippen LogP contribution in [0.2, 0.25) is 5.02 Å². The lowest BCUT2D eigenvalue weighted by Crippen LogP contribution is -2.08. The summed E-state index contributed by atoms with van der Waals surface area (Å²) in [5.41, 5.74) is 8.93. The Bertz CT molecular complexity index is 1010. The smallest absolute Gasteiger partial charge is 0.353 e. The van der Waals surface area contributed by atoms with Crippen LogP contribution in [0.15, 0.2) is 42.5 Å². The van der Waals surface area contributed by atoms with Crippen LogP contribution in [0.25, 0.3) is 0 Å². The summed E-state index contributed by atoms with van der Waals surface area (Å²) in [6.07, 6.45) is 0. The normalized spacial score (nSPS) is 10.5. The molecule has 0 bridgehead atoms. The molecule has 0 radical (unpaired) electrons. The molecule has 0 saturated heterocycles. The highest BCUT2D eigenvalue weighted by atomic mass is 35.5. The average molecular weight is 385 g/mol. The molecule has 8 nitrogen and oxygen atoms in total. The Labute approximate surface area is 160 Å². The van der Waals surface area contributed by atoms with Gasteiger partial charge in [0.25, 0.3) is 0 Å². The van der Waals surface area contributed by atoms with Crippen molar-refractivity contribution in [2.75, 3.05) is 16.4 Å². The van der Waals surface area contributed by atoms with Gasteiger partial charge >= 0.3 is 5.69 Å². The predicted molar refractivity (Wildman–Crippen MR) is 107 cm³/mol. The fourth-order valence-corrected chi connectivity index (χ4v) is 2.54. The van der Waals surface area contributed by atoms with Gasteiger partial charge in [0.15, 0.2) is 0 Å². The van der Waals surface area contributed by atoms with Gasteiger partial charge in [0.1, 0.15) is 0 Å². The van der Waals surface area contributed by atoms with Crippen LogP contribution in [0.5, 0.6) is 0 Å². The van der Waals surface area contributed by atoms with Crippen LogP contribution in [-0.4, -0.2) is 14.9 Å². The molecule has 0 unspecified atom stereocenters. The molecule has 0 aliphatic carbocycles. The molecular formula is C18H17ClN6O2. The van der Waals surface area contributed by atoms with E-state index in [1.165, 1.54) is 0 Å². The van der Waals surface area contributed by atoms with E-state index in [2.05, 4.69) is 20.6 Å². The Hall–Kier alpha value is -3.39. The number of nitro groups is 1. The Morgan fingerprint density at radius 3 is 2.30 bits per heavy atom. The van der Waals surface area contributed by atoms with E-state index in [0.717, 1.165) is 11.1 Å². The van der Waals surface area contributed by atoms with Crippen LogP contribution in [0.4, 0.5) is 34.6 Å². The molecule has 0 saturated carbocycles. The maximum Gasteiger partial charge on any atom is 0.353 e. The Morgan fingerprint density at radius 2 is 1.67 bits per heavy atom. The molecule has 3 aromatic rings. The fraction of sp³-hybridized carbons (Fsp3) is 0.111. The standard InChI is InChI=1S/C18H17ClN6O2/c1-10-3-6-14(9-11(10)2)21-17-15(25(26)27)16(20)23-18(24-17)22-13-7-4-12(19)5-8-13/h3-9H,1-2H3,(H4,20,21,22,23,24). The number of benzene rings is 2. The first kappa shape index (κ1) is 18.4. The lowest BCUT2D eigenvalue weighted by atomic mass is 10.1. The maximum atomic E-state index is 11.4. The van der Waals surface area contributed by atoms with E-state index in [9.17, 15) is 10.1 Å². The summed E-state index contributed by atoms with van der Waals surface area (Å²) in [6, 6.07) is 12.5.